The second kappa shape index (κ2) is 6.17. The molecule has 0 bridgehead atoms. The van der Waals surface area contributed by atoms with Gasteiger partial charge in [-0.1, -0.05) is 13.8 Å². The van der Waals surface area contributed by atoms with Crippen LogP contribution in [-0.2, 0) is 0 Å². The summed E-state index contributed by atoms with van der Waals surface area (Å²) in [5, 5.41) is 0. The Kier molecular flexibility index (Phi) is 5.15. The Morgan fingerprint density at radius 3 is 2.53 bits per heavy atom. The number of halogens is 1. The summed E-state index contributed by atoms with van der Waals surface area (Å²) in [5.74, 6) is 0.921. The maximum atomic E-state index is 12.2. The molecule has 2 N–H and O–H groups in total. The highest BCUT2D eigenvalue weighted by Crippen LogP contribution is 2.27. The van der Waals surface area contributed by atoms with Crippen molar-refractivity contribution in [2.45, 2.75) is 13.8 Å². The van der Waals surface area contributed by atoms with Crippen molar-refractivity contribution >= 4 is 21.7 Å². The lowest BCUT2D eigenvalue weighted by Gasteiger charge is -2.17. The first-order valence-corrected chi connectivity index (χ1v) is 6.38. The summed E-state index contributed by atoms with van der Waals surface area (Å²) in [6, 6.07) is 5.34. The van der Waals surface area contributed by atoms with Gasteiger partial charge in [-0.25, -0.2) is 0 Å². The molecule has 0 aromatic heterocycles. The average Bonchev–Trinajstić information content (AvgIpc) is 2.29. The van der Waals surface area contributed by atoms with Crippen LogP contribution in [0.25, 0.3) is 0 Å². The van der Waals surface area contributed by atoms with Crippen LogP contribution in [0.15, 0.2) is 22.7 Å². The minimum absolute atomic E-state index is 0.0888. The Balaban J connectivity index is 3.00. The van der Waals surface area contributed by atoms with Gasteiger partial charge in [-0.2, -0.15) is 0 Å². The van der Waals surface area contributed by atoms with E-state index < -0.39 is 0 Å². The highest BCUT2D eigenvalue weighted by atomic mass is 79.9. The quantitative estimate of drug-likeness (QED) is 0.851. The summed E-state index contributed by atoms with van der Waals surface area (Å²) in [7, 11) is 1.60. The Labute approximate surface area is 110 Å². The number of carbonyl (C=O) groups excluding carboxylic acids is 1. The van der Waals surface area contributed by atoms with E-state index in [4.69, 9.17) is 10.5 Å². The minimum atomic E-state index is -0.129. The van der Waals surface area contributed by atoms with Gasteiger partial charge in [-0.05, 0) is 40.0 Å². The largest absolute Gasteiger partial charge is 0.496 e. The van der Waals surface area contributed by atoms with Crippen LogP contribution in [0.5, 0.6) is 5.75 Å². The molecule has 1 aromatic carbocycles. The molecule has 0 amide bonds. The predicted octanol–water partition coefficient (Wildman–Crippen LogP) is 2.87. The van der Waals surface area contributed by atoms with Gasteiger partial charge in [0, 0.05) is 18.0 Å². The van der Waals surface area contributed by atoms with E-state index in [0.29, 0.717) is 12.1 Å². The van der Waals surface area contributed by atoms with Crippen LogP contribution in [0.1, 0.15) is 24.2 Å². The summed E-state index contributed by atoms with van der Waals surface area (Å²) >= 11 is 3.38. The van der Waals surface area contributed by atoms with Crippen LogP contribution in [0, 0.1) is 11.8 Å². The molecule has 4 heteroatoms. The number of nitrogens with two attached hydrogens (primary N) is 1. The van der Waals surface area contributed by atoms with Gasteiger partial charge in [0.05, 0.1) is 11.6 Å². The van der Waals surface area contributed by atoms with Gasteiger partial charge in [-0.3, -0.25) is 4.79 Å². The third-order valence-electron chi connectivity index (χ3n) is 2.83. The molecule has 94 valence electrons. The van der Waals surface area contributed by atoms with Crippen LogP contribution < -0.4 is 10.5 Å². The van der Waals surface area contributed by atoms with Crippen LogP contribution in [0.3, 0.4) is 0 Å². The molecule has 0 fully saturated rings. The van der Waals surface area contributed by atoms with E-state index in [1.54, 1.807) is 25.3 Å². The van der Waals surface area contributed by atoms with Crippen LogP contribution in [0.2, 0.25) is 0 Å². The van der Waals surface area contributed by atoms with Crippen molar-refractivity contribution in [1.82, 2.24) is 0 Å². The third kappa shape index (κ3) is 3.30. The molecular weight excluding hydrogens is 282 g/mol. The zero-order valence-electron chi connectivity index (χ0n) is 10.4. The second-order valence-electron chi connectivity index (χ2n) is 4.30. The summed E-state index contributed by atoms with van der Waals surface area (Å²) in [6.07, 6.45) is 0. The summed E-state index contributed by atoms with van der Waals surface area (Å²) in [5.41, 5.74) is 6.32. The van der Waals surface area contributed by atoms with Gasteiger partial charge in [0.15, 0.2) is 5.78 Å². The lowest BCUT2D eigenvalue weighted by atomic mass is 9.88. The predicted molar refractivity (Wildman–Crippen MR) is 72.4 cm³/mol. The highest BCUT2D eigenvalue weighted by molar-refractivity contribution is 9.10. The van der Waals surface area contributed by atoms with Crippen LogP contribution in [0.4, 0.5) is 0 Å². The molecule has 0 aliphatic carbocycles. The second-order valence-corrected chi connectivity index (χ2v) is 5.15. The van der Waals surface area contributed by atoms with Crippen molar-refractivity contribution in [2.24, 2.45) is 17.6 Å². The number of Topliss-reactive ketones (excluding diaryl/α,β-unsaturated/α-hetero) is 1. The van der Waals surface area contributed by atoms with E-state index in [9.17, 15) is 4.79 Å². The standard InChI is InChI=1S/C13H18BrNO2/c1-8(2)10(7-15)13(16)9-4-5-12(17-3)11(14)6-9/h4-6,8,10H,7,15H2,1-3H3. The summed E-state index contributed by atoms with van der Waals surface area (Å²) < 4.78 is 5.91. The number of hydrogen-bond acceptors (Lipinski definition) is 3. The monoisotopic (exact) mass is 299 g/mol. The molecule has 3 nitrogen and oxygen atoms in total. The van der Waals surface area contributed by atoms with Crippen LogP contribution >= 0.6 is 15.9 Å². The Morgan fingerprint density at radius 2 is 2.12 bits per heavy atom. The van der Waals surface area contributed by atoms with Crippen LogP contribution in [-0.4, -0.2) is 19.4 Å². The Morgan fingerprint density at radius 1 is 1.47 bits per heavy atom. The molecule has 0 heterocycles. The lowest BCUT2D eigenvalue weighted by molar-refractivity contribution is 0.0892. The zero-order valence-corrected chi connectivity index (χ0v) is 12.0. The van der Waals surface area contributed by atoms with E-state index >= 15 is 0 Å². The molecular formula is C13H18BrNO2. The maximum absolute atomic E-state index is 12.2. The Hall–Kier alpha value is -0.870. The fraction of sp³-hybridized carbons (Fsp3) is 0.462. The number of rotatable bonds is 5. The third-order valence-corrected chi connectivity index (χ3v) is 3.45. The molecule has 1 unspecified atom stereocenters. The number of carbonyl (C=O) groups is 1. The van der Waals surface area contributed by atoms with Gasteiger partial charge in [0.2, 0.25) is 0 Å². The molecule has 1 rings (SSSR count). The normalized spacial score (nSPS) is 12.6. The van der Waals surface area contributed by atoms with E-state index in [1.807, 2.05) is 13.8 Å². The molecule has 0 aliphatic heterocycles. The fourth-order valence-electron chi connectivity index (χ4n) is 1.72. The molecule has 0 saturated heterocycles. The van der Waals surface area contributed by atoms with Gasteiger partial charge in [0.25, 0.3) is 0 Å². The average molecular weight is 300 g/mol. The van der Waals surface area contributed by atoms with Gasteiger partial charge < -0.3 is 10.5 Å². The van der Waals surface area contributed by atoms with Crippen molar-refractivity contribution < 1.29 is 9.53 Å². The first kappa shape index (κ1) is 14.2. The van der Waals surface area contributed by atoms with Crippen molar-refractivity contribution in [3.8, 4) is 5.75 Å². The van der Waals surface area contributed by atoms with E-state index in [2.05, 4.69) is 15.9 Å². The summed E-state index contributed by atoms with van der Waals surface area (Å²) in [4.78, 5) is 12.2. The van der Waals surface area contributed by atoms with Crippen molar-refractivity contribution in [3.05, 3.63) is 28.2 Å². The molecule has 0 aliphatic rings. The van der Waals surface area contributed by atoms with Crippen molar-refractivity contribution in [3.63, 3.8) is 0 Å². The highest BCUT2D eigenvalue weighted by Gasteiger charge is 2.22. The van der Waals surface area contributed by atoms with E-state index in [-0.39, 0.29) is 17.6 Å². The fourth-order valence-corrected chi connectivity index (χ4v) is 2.26. The van der Waals surface area contributed by atoms with E-state index in [1.165, 1.54) is 0 Å². The van der Waals surface area contributed by atoms with Crippen molar-refractivity contribution in [2.75, 3.05) is 13.7 Å². The number of ketones is 1. The molecule has 0 radical (unpaired) electrons. The molecule has 0 spiro atoms. The topological polar surface area (TPSA) is 52.3 Å². The van der Waals surface area contributed by atoms with Gasteiger partial charge in [-0.15, -0.1) is 0 Å². The maximum Gasteiger partial charge on any atom is 0.167 e. The number of methoxy groups -OCH3 is 1. The van der Waals surface area contributed by atoms with Gasteiger partial charge in [0.1, 0.15) is 5.75 Å². The number of ether oxygens (including phenoxy) is 1. The van der Waals surface area contributed by atoms with Gasteiger partial charge >= 0.3 is 0 Å². The first-order chi connectivity index (χ1) is 8.01. The zero-order chi connectivity index (χ0) is 13.0. The number of hydrogen-bond donors (Lipinski definition) is 1. The SMILES string of the molecule is COc1ccc(C(=O)C(CN)C(C)C)cc1Br. The van der Waals surface area contributed by atoms with E-state index in [0.717, 1.165) is 10.2 Å². The molecule has 1 atom stereocenters. The Bertz CT molecular complexity index is 404. The molecule has 0 saturated carbocycles. The number of benzene rings is 1. The first-order valence-electron chi connectivity index (χ1n) is 5.59. The smallest absolute Gasteiger partial charge is 0.167 e. The van der Waals surface area contributed by atoms with Crippen molar-refractivity contribution in [1.29, 1.82) is 0 Å². The minimum Gasteiger partial charge on any atom is -0.496 e. The lowest BCUT2D eigenvalue weighted by Crippen LogP contribution is -2.28. The molecule has 17 heavy (non-hydrogen) atoms. The molecule has 1 aromatic rings. The summed E-state index contributed by atoms with van der Waals surface area (Å²) in [6.45, 7) is 4.39.